The lowest BCUT2D eigenvalue weighted by molar-refractivity contribution is 0.462. The zero-order valence-corrected chi connectivity index (χ0v) is 18.1. The highest BCUT2D eigenvalue weighted by Crippen LogP contribution is 2.31. The van der Waals surface area contributed by atoms with E-state index in [1.54, 1.807) is 31.4 Å². The number of hydrogen-bond donors (Lipinski definition) is 1. The molecule has 0 aliphatic rings. The largest absolute Gasteiger partial charge is 0.439 e. The maximum Gasteiger partial charge on any atom is 0.269 e. The van der Waals surface area contributed by atoms with Crippen molar-refractivity contribution in [3.05, 3.63) is 72.0 Å². The molecule has 0 unspecified atom stereocenters. The number of nitrogens with zero attached hydrogens (tertiary/aromatic N) is 4. The summed E-state index contributed by atoms with van der Waals surface area (Å²) < 4.78 is 33.4. The average molecular weight is 466 g/mol. The number of pyridine rings is 1. The van der Waals surface area contributed by atoms with Gasteiger partial charge in [-0.2, -0.15) is 0 Å². The fourth-order valence-electron chi connectivity index (χ4n) is 2.95. The topological polar surface area (TPSA) is 99.0 Å². The van der Waals surface area contributed by atoms with E-state index in [2.05, 4.69) is 20.3 Å². The molecule has 0 bridgehead atoms. The Hall–Kier alpha value is -2.72. The van der Waals surface area contributed by atoms with E-state index in [1.165, 1.54) is 34.8 Å². The molecule has 3 heterocycles. The van der Waals surface area contributed by atoms with Crippen LogP contribution in [0.25, 0.3) is 10.9 Å². The van der Waals surface area contributed by atoms with Gasteiger partial charge in [0.1, 0.15) is 22.1 Å². The molecule has 0 saturated heterocycles. The number of aromatic nitrogens is 4. The van der Waals surface area contributed by atoms with Gasteiger partial charge in [-0.3, -0.25) is 4.98 Å². The highest BCUT2D eigenvalue weighted by molar-refractivity contribution is 7.90. The minimum Gasteiger partial charge on any atom is -0.439 e. The third kappa shape index (κ3) is 4.24. The molecule has 0 amide bonds. The molecule has 0 fully saturated rings. The highest BCUT2D eigenvalue weighted by atomic mass is 35.5. The Labute approximate surface area is 184 Å². The Morgan fingerprint density at radius 2 is 2.03 bits per heavy atom. The van der Waals surface area contributed by atoms with Crippen molar-refractivity contribution in [2.75, 3.05) is 7.05 Å². The summed E-state index contributed by atoms with van der Waals surface area (Å²) >= 11 is 5.87. The van der Waals surface area contributed by atoms with E-state index >= 15 is 0 Å². The van der Waals surface area contributed by atoms with Crippen molar-refractivity contribution >= 4 is 44.9 Å². The number of fused-ring (bicyclic) bond motifs is 1. The van der Waals surface area contributed by atoms with Crippen molar-refractivity contribution in [3.8, 4) is 11.6 Å². The summed E-state index contributed by atoms with van der Waals surface area (Å²) in [6, 6.07) is 9.78. The SMILES string of the molecule is CNCc1cn(S(=O)(=O)c2cccnc2)c2cc(Oc3cc(Cl)ncn3)ccc12.Cl. The van der Waals surface area contributed by atoms with Crippen LogP contribution in [0.1, 0.15) is 5.56 Å². The van der Waals surface area contributed by atoms with Crippen LogP contribution in [0.15, 0.2) is 66.2 Å². The summed E-state index contributed by atoms with van der Waals surface area (Å²) in [6.07, 6.45) is 5.74. The van der Waals surface area contributed by atoms with Gasteiger partial charge in [-0.15, -0.1) is 12.4 Å². The van der Waals surface area contributed by atoms with Crippen molar-refractivity contribution < 1.29 is 13.2 Å². The second kappa shape index (κ2) is 8.97. The second-order valence-corrected chi connectivity index (χ2v) is 8.34. The zero-order chi connectivity index (χ0) is 20.4. The van der Waals surface area contributed by atoms with Crippen molar-refractivity contribution in [1.82, 2.24) is 24.2 Å². The predicted molar refractivity (Wildman–Crippen MR) is 116 cm³/mol. The van der Waals surface area contributed by atoms with Crippen LogP contribution in [0, 0.1) is 0 Å². The second-order valence-electron chi connectivity index (χ2n) is 6.13. The normalized spacial score (nSPS) is 11.3. The van der Waals surface area contributed by atoms with Crippen molar-refractivity contribution in [2.24, 2.45) is 0 Å². The van der Waals surface area contributed by atoms with E-state index in [0.29, 0.717) is 17.8 Å². The maximum atomic E-state index is 13.2. The molecule has 0 radical (unpaired) electrons. The van der Waals surface area contributed by atoms with Gasteiger partial charge in [-0.1, -0.05) is 11.6 Å². The number of ether oxygens (including phenoxy) is 1. The minimum absolute atomic E-state index is 0. The standard InChI is InChI=1S/C19H16ClN5O3S.ClH/c1-21-9-13-11-25(29(26,27)15-3-2-6-22-10-15)17-7-14(4-5-16(13)17)28-19-8-18(20)23-12-24-19;/h2-8,10-12,21H,9H2,1H3;1H. The van der Waals surface area contributed by atoms with Gasteiger partial charge in [0.05, 0.1) is 5.52 Å². The lowest BCUT2D eigenvalue weighted by Gasteiger charge is -2.09. The van der Waals surface area contributed by atoms with Crippen molar-refractivity contribution in [2.45, 2.75) is 11.4 Å². The van der Waals surface area contributed by atoms with Crippen LogP contribution in [-0.2, 0) is 16.6 Å². The van der Waals surface area contributed by atoms with Gasteiger partial charge in [-0.05, 0) is 36.9 Å². The van der Waals surface area contributed by atoms with Gasteiger partial charge in [0, 0.05) is 42.7 Å². The van der Waals surface area contributed by atoms with Gasteiger partial charge in [-0.25, -0.2) is 22.4 Å². The number of halogens is 2. The number of hydrogen-bond acceptors (Lipinski definition) is 7. The molecule has 4 rings (SSSR count). The lowest BCUT2D eigenvalue weighted by atomic mass is 10.1. The molecular weight excluding hydrogens is 449 g/mol. The van der Waals surface area contributed by atoms with E-state index in [9.17, 15) is 8.42 Å². The first-order valence-corrected chi connectivity index (χ1v) is 10.4. The molecule has 1 N–H and O–H groups in total. The van der Waals surface area contributed by atoms with Gasteiger partial charge in [0.25, 0.3) is 10.0 Å². The first kappa shape index (κ1) is 22.0. The Balaban J connectivity index is 0.00000256. The van der Waals surface area contributed by atoms with E-state index < -0.39 is 10.0 Å². The van der Waals surface area contributed by atoms with Crippen LogP contribution in [0.2, 0.25) is 5.15 Å². The first-order chi connectivity index (χ1) is 14.0. The Kier molecular flexibility index (Phi) is 6.57. The predicted octanol–water partition coefficient (Wildman–Crippen LogP) is 3.65. The summed E-state index contributed by atoms with van der Waals surface area (Å²) in [6.45, 7) is 0.508. The summed E-state index contributed by atoms with van der Waals surface area (Å²) in [5.74, 6) is 0.678. The average Bonchev–Trinajstić information content (AvgIpc) is 3.08. The van der Waals surface area contributed by atoms with Crippen LogP contribution in [0.4, 0.5) is 0 Å². The Morgan fingerprint density at radius 3 is 2.73 bits per heavy atom. The van der Waals surface area contributed by atoms with Crippen molar-refractivity contribution in [1.29, 1.82) is 0 Å². The molecule has 3 aromatic heterocycles. The van der Waals surface area contributed by atoms with E-state index in [-0.39, 0.29) is 28.3 Å². The molecule has 0 aliphatic heterocycles. The Morgan fingerprint density at radius 1 is 1.20 bits per heavy atom. The third-order valence-corrected chi connectivity index (χ3v) is 6.08. The smallest absolute Gasteiger partial charge is 0.269 e. The monoisotopic (exact) mass is 465 g/mol. The van der Waals surface area contributed by atoms with Gasteiger partial charge < -0.3 is 10.1 Å². The summed E-state index contributed by atoms with van der Waals surface area (Å²) in [4.78, 5) is 11.8. The van der Waals surface area contributed by atoms with Gasteiger partial charge in [0.15, 0.2) is 0 Å². The number of benzene rings is 1. The van der Waals surface area contributed by atoms with Crippen LogP contribution < -0.4 is 10.1 Å². The van der Waals surface area contributed by atoms with Crippen LogP contribution in [0.5, 0.6) is 11.6 Å². The fraction of sp³-hybridized carbons (Fsp3) is 0.105. The summed E-state index contributed by atoms with van der Waals surface area (Å²) in [7, 11) is -2.03. The minimum atomic E-state index is -3.84. The van der Waals surface area contributed by atoms with Crippen LogP contribution in [0.3, 0.4) is 0 Å². The van der Waals surface area contributed by atoms with Gasteiger partial charge >= 0.3 is 0 Å². The Bertz CT molecular complexity index is 1280. The molecule has 156 valence electrons. The molecule has 11 heteroatoms. The zero-order valence-electron chi connectivity index (χ0n) is 15.7. The molecule has 4 aromatic rings. The van der Waals surface area contributed by atoms with E-state index in [0.717, 1.165) is 10.9 Å². The third-order valence-electron chi connectivity index (χ3n) is 4.22. The van der Waals surface area contributed by atoms with Crippen LogP contribution in [-0.4, -0.2) is 34.4 Å². The molecule has 0 atom stereocenters. The molecular formula is C19H17Cl2N5O3S. The maximum absolute atomic E-state index is 13.2. The molecule has 1 aromatic carbocycles. The van der Waals surface area contributed by atoms with Crippen LogP contribution >= 0.6 is 24.0 Å². The van der Waals surface area contributed by atoms with Crippen molar-refractivity contribution in [3.63, 3.8) is 0 Å². The first-order valence-electron chi connectivity index (χ1n) is 8.58. The molecule has 30 heavy (non-hydrogen) atoms. The van der Waals surface area contributed by atoms with Gasteiger partial charge in [0.2, 0.25) is 5.88 Å². The number of rotatable bonds is 6. The highest BCUT2D eigenvalue weighted by Gasteiger charge is 2.22. The van der Waals surface area contributed by atoms with E-state index in [1.807, 2.05) is 6.07 Å². The molecule has 8 nitrogen and oxygen atoms in total. The quantitative estimate of drug-likeness (QED) is 0.433. The molecule has 0 saturated carbocycles. The fourth-order valence-corrected chi connectivity index (χ4v) is 4.43. The van der Waals surface area contributed by atoms with E-state index in [4.69, 9.17) is 16.3 Å². The number of nitrogens with one attached hydrogen (secondary N) is 1. The summed E-state index contributed by atoms with van der Waals surface area (Å²) in [5.41, 5.74) is 1.32. The molecule has 0 spiro atoms. The lowest BCUT2D eigenvalue weighted by Crippen LogP contribution is -2.12. The molecule has 0 aliphatic carbocycles. The summed E-state index contributed by atoms with van der Waals surface area (Å²) in [5, 5.41) is 4.09.